The highest BCUT2D eigenvalue weighted by Crippen LogP contribution is 2.20. The number of esters is 1. The first-order valence-corrected chi connectivity index (χ1v) is 5.21. The van der Waals surface area contributed by atoms with Gasteiger partial charge in [0.05, 0.1) is 13.0 Å². The highest BCUT2D eigenvalue weighted by Gasteiger charge is 2.12. The van der Waals surface area contributed by atoms with Crippen molar-refractivity contribution in [3.05, 3.63) is 29.5 Å². The van der Waals surface area contributed by atoms with Gasteiger partial charge in [-0.3, -0.25) is 4.79 Å². The SMILES string of the molecule is CCOC(=O)Cc1noc2cc(C)ccc12. The third kappa shape index (κ3) is 2.05. The summed E-state index contributed by atoms with van der Waals surface area (Å²) in [7, 11) is 0. The van der Waals surface area contributed by atoms with Gasteiger partial charge in [-0.15, -0.1) is 0 Å². The molecule has 0 saturated carbocycles. The van der Waals surface area contributed by atoms with E-state index in [0.717, 1.165) is 10.9 Å². The number of fused-ring (bicyclic) bond motifs is 1. The summed E-state index contributed by atoms with van der Waals surface area (Å²) in [6.07, 6.45) is 0.157. The molecule has 0 aliphatic carbocycles. The number of carbonyl (C=O) groups is 1. The molecule has 4 nitrogen and oxygen atoms in total. The Morgan fingerprint density at radius 1 is 1.50 bits per heavy atom. The number of rotatable bonds is 3. The zero-order valence-electron chi connectivity index (χ0n) is 9.32. The zero-order chi connectivity index (χ0) is 11.5. The van der Waals surface area contributed by atoms with Gasteiger partial charge < -0.3 is 9.26 Å². The van der Waals surface area contributed by atoms with E-state index >= 15 is 0 Å². The third-order valence-electron chi connectivity index (χ3n) is 2.32. The van der Waals surface area contributed by atoms with Crippen LogP contribution in [0.15, 0.2) is 22.7 Å². The highest BCUT2D eigenvalue weighted by atomic mass is 16.5. The van der Waals surface area contributed by atoms with Crippen molar-refractivity contribution in [3.63, 3.8) is 0 Å². The van der Waals surface area contributed by atoms with E-state index in [1.807, 2.05) is 25.1 Å². The van der Waals surface area contributed by atoms with Gasteiger partial charge in [-0.05, 0) is 31.5 Å². The fraction of sp³-hybridized carbons (Fsp3) is 0.333. The van der Waals surface area contributed by atoms with Crippen LogP contribution < -0.4 is 0 Å². The first-order chi connectivity index (χ1) is 7.70. The molecule has 0 bridgehead atoms. The molecule has 0 N–H and O–H groups in total. The molecule has 0 aliphatic heterocycles. The molecule has 0 unspecified atom stereocenters. The van der Waals surface area contributed by atoms with Crippen LogP contribution in [0.2, 0.25) is 0 Å². The van der Waals surface area contributed by atoms with Crippen LogP contribution in [0.5, 0.6) is 0 Å². The average Bonchev–Trinajstić information content (AvgIpc) is 2.61. The summed E-state index contributed by atoms with van der Waals surface area (Å²) >= 11 is 0. The van der Waals surface area contributed by atoms with Gasteiger partial charge >= 0.3 is 5.97 Å². The number of nitrogens with zero attached hydrogens (tertiary/aromatic N) is 1. The van der Waals surface area contributed by atoms with E-state index < -0.39 is 0 Å². The molecule has 4 heteroatoms. The molecule has 0 amide bonds. The van der Waals surface area contributed by atoms with Crippen LogP contribution in [0, 0.1) is 6.92 Å². The molecule has 16 heavy (non-hydrogen) atoms. The van der Waals surface area contributed by atoms with Gasteiger partial charge in [-0.2, -0.15) is 0 Å². The first kappa shape index (κ1) is 10.7. The van der Waals surface area contributed by atoms with Gasteiger partial charge in [0.2, 0.25) is 0 Å². The van der Waals surface area contributed by atoms with Crippen molar-refractivity contribution in [1.29, 1.82) is 0 Å². The molecule has 1 aromatic heterocycles. The summed E-state index contributed by atoms with van der Waals surface area (Å²) in [5.41, 5.74) is 2.44. The molecule has 2 aromatic rings. The molecule has 0 atom stereocenters. The Hall–Kier alpha value is -1.84. The molecule has 0 fully saturated rings. The smallest absolute Gasteiger partial charge is 0.312 e. The van der Waals surface area contributed by atoms with Crippen molar-refractivity contribution in [2.75, 3.05) is 6.61 Å². The van der Waals surface area contributed by atoms with Crippen molar-refractivity contribution in [3.8, 4) is 0 Å². The summed E-state index contributed by atoms with van der Waals surface area (Å²) in [5, 5.41) is 4.76. The van der Waals surface area contributed by atoms with E-state index in [1.165, 1.54) is 0 Å². The molecular weight excluding hydrogens is 206 g/mol. The second-order valence-corrected chi connectivity index (χ2v) is 3.61. The summed E-state index contributed by atoms with van der Waals surface area (Å²) in [6, 6.07) is 5.78. The Morgan fingerprint density at radius 3 is 3.06 bits per heavy atom. The van der Waals surface area contributed by atoms with E-state index in [4.69, 9.17) is 9.26 Å². The van der Waals surface area contributed by atoms with Crippen molar-refractivity contribution in [1.82, 2.24) is 5.16 Å². The number of hydrogen-bond acceptors (Lipinski definition) is 4. The molecule has 1 aromatic carbocycles. The van der Waals surface area contributed by atoms with Crippen LogP contribution in [0.25, 0.3) is 11.0 Å². The predicted molar refractivity (Wildman–Crippen MR) is 59.1 cm³/mol. The molecule has 0 spiro atoms. The molecular formula is C12H13NO3. The number of aromatic nitrogens is 1. The quantitative estimate of drug-likeness (QED) is 0.743. The van der Waals surface area contributed by atoms with Crippen LogP contribution in [0.4, 0.5) is 0 Å². The fourth-order valence-corrected chi connectivity index (χ4v) is 1.57. The molecule has 84 valence electrons. The minimum atomic E-state index is -0.279. The predicted octanol–water partition coefficient (Wildman–Crippen LogP) is 2.24. The largest absolute Gasteiger partial charge is 0.466 e. The van der Waals surface area contributed by atoms with E-state index in [0.29, 0.717) is 17.9 Å². The lowest BCUT2D eigenvalue weighted by Gasteiger charge is -1.98. The molecule has 0 aliphatic rings. The third-order valence-corrected chi connectivity index (χ3v) is 2.32. The van der Waals surface area contributed by atoms with E-state index in [-0.39, 0.29) is 12.4 Å². The Kier molecular flexibility index (Phi) is 2.90. The van der Waals surface area contributed by atoms with Gasteiger partial charge in [0, 0.05) is 5.39 Å². The lowest BCUT2D eigenvalue weighted by molar-refractivity contribution is -0.142. The van der Waals surface area contributed by atoms with Crippen LogP contribution >= 0.6 is 0 Å². The maximum atomic E-state index is 11.3. The molecule has 1 heterocycles. The van der Waals surface area contributed by atoms with Gasteiger partial charge in [0.15, 0.2) is 5.58 Å². The minimum Gasteiger partial charge on any atom is -0.466 e. The normalized spacial score (nSPS) is 10.6. The second kappa shape index (κ2) is 4.35. The minimum absolute atomic E-state index is 0.157. The number of benzene rings is 1. The topological polar surface area (TPSA) is 52.3 Å². The number of carbonyl (C=O) groups excluding carboxylic acids is 1. The number of ether oxygens (including phenoxy) is 1. The van der Waals surface area contributed by atoms with Gasteiger partial charge in [0.1, 0.15) is 5.69 Å². The lowest BCUT2D eigenvalue weighted by Crippen LogP contribution is -2.07. The second-order valence-electron chi connectivity index (χ2n) is 3.61. The van der Waals surface area contributed by atoms with E-state index in [9.17, 15) is 4.79 Å². The Balaban J connectivity index is 2.28. The summed E-state index contributed by atoms with van der Waals surface area (Å²) in [4.78, 5) is 11.3. The lowest BCUT2D eigenvalue weighted by atomic mass is 10.1. The van der Waals surface area contributed by atoms with Crippen molar-refractivity contribution in [2.24, 2.45) is 0 Å². The van der Waals surface area contributed by atoms with Crippen LogP contribution in [0.1, 0.15) is 18.2 Å². The van der Waals surface area contributed by atoms with Gasteiger partial charge in [-0.25, -0.2) is 0 Å². The Bertz CT molecular complexity index is 516. The monoisotopic (exact) mass is 219 g/mol. The zero-order valence-corrected chi connectivity index (χ0v) is 9.32. The van der Waals surface area contributed by atoms with Gasteiger partial charge in [-0.1, -0.05) is 11.2 Å². The van der Waals surface area contributed by atoms with Gasteiger partial charge in [0.25, 0.3) is 0 Å². The van der Waals surface area contributed by atoms with Crippen molar-refractivity contribution < 1.29 is 14.1 Å². The average molecular weight is 219 g/mol. The van der Waals surface area contributed by atoms with Crippen molar-refractivity contribution >= 4 is 16.9 Å². The number of aryl methyl sites for hydroxylation is 1. The standard InChI is InChI=1S/C12H13NO3/c1-3-15-12(14)7-10-9-5-4-8(2)6-11(9)16-13-10/h4-6H,3,7H2,1-2H3. The maximum Gasteiger partial charge on any atom is 0.312 e. The molecule has 0 radical (unpaired) electrons. The molecule has 0 saturated heterocycles. The highest BCUT2D eigenvalue weighted by molar-refractivity contribution is 5.84. The van der Waals surface area contributed by atoms with Crippen LogP contribution in [0.3, 0.4) is 0 Å². The van der Waals surface area contributed by atoms with Crippen molar-refractivity contribution in [2.45, 2.75) is 20.3 Å². The summed E-state index contributed by atoms with van der Waals surface area (Å²) in [5.74, 6) is -0.279. The fourth-order valence-electron chi connectivity index (χ4n) is 1.57. The van der Waals surface area contributed by atoms with E-state index in [2.05, 4.69) is 5.16 Å². The van der Waals surface area contributed by atoms with Crippen LogP contribution in [-0.4, -0.2) is 17.7 Å². The number of hydrogen-bond donors (Lipinski definition) is 0. The summed E-state index contributed by atoms with van der Waals surface area (Å²) in [6.45, 7) is 4.14. The summed E-state index contributed by atoms with van der Waals surface area (Å²) < 4.78 is 10.0. The van der Waals surface area contributed by atoms with Crippen LogP contribution in [-0.2, 0) is 16.0 Å². The Morgan fingerprint density at radius 2 is 2.31 bits per heavy atom. The maximum absolute atomic E-state index is 11.3. The van der Waals surface area contributed by atoms with E-state index in [1.54, 1.807) is 6.92 Å². The first-order valence-electron chi connectivity index (χ1n) is 5.21. The molecule has 2 rings (SSSR count). The Labute approximate surface area is 93.2 Å².